The number of aliphatic hydroxyl groups is 1. The highest BCUT2D eigenvalue weighted by molar-refractivity contribution is 5.85. The Hall–Kier alpha value is -3.30. The smallest absolute Gasteiger partial charge is 0.332 e. The van der Waals surface area contributed by atoms with Crippen molar-refractivity contribution in [3.63, 3.8) is 0 Å². The zero-order valence-corrected chi connectivity index (χ0v) is 21.0. The van der Waals surface area contributed by atoms with Crippen LogP contribution in [0.5, 0.6) is 0 Å². The molecule has 10 heteroatoms. The largest absolute Gasteiger partial charge is 0.389 e. The zero-order valence-electron chi connectivity index (χ0n) is 20.1. The van der Waals surface area contributed by atoms with E-state index < -0.39 is 17.4 Å². The fourth-order valence-corrected chi connectivity index (χ4v) is 4.83. The first-order valence-corrected chi connectivity index (χ1v) is 11.6. The lowest BCUT2D eigenvalue weighted by atomic mass is 10.1. The Morgan fingerprint density at radius 2 is 1.97 bits per heavy atom. The number of hydrogen-bond acceptors (Lipinski definition) is 6. The van der Waals surface area contributed by atoms with Crippen molar-refractivity contribution >= 4 is 29.5 Å². The molecule has 0 spiro atoms. The molecule has 1 saturated heterocycles. The number of halogens is 1. The second-order valence-electron chi connectivity index (χ2n) is 9.27. The van der Waals surface area contributed by atoms with Crippen LogP contribution in [0.1, 0.15) is 31.9 Å². The van der Waals surface area contributed by atoms with Gasteiger partial charge in [0.1, 0.15) is 0 Å². The Morgan fingerprint density at radius 3 is 2.69 bits per heavy atom. The highest BCUT2D eigenvalue weighted by atomic mass is 35.5. The molecule has 186 valence electrons. The first-order valence-electron chi connectivity index (χ1n) is 11.6. The van der Waals surface area contributed by atoms with E-state index >= 15 is 0 Å². The number of nitrogens with zero attached hydrogens (tertiary/aromatic N) is 5. The molecule has 2 aliphatic rings. The molecule has 9 nitrogen and oxygen atoms in total. The first kappa shape index (κ1) is 24.8. The van der Waals surface area contributed by atoms with Crippen molar-refractivity contribution in [1.82, 2.24) is 24.0 Å². The van der Waals surface area contributed by atoms with Crippen LogP contribution in [-0.4, -0.2) is 36.9 Å². The van der Waals surface area contributed by atoms with Gasteiger partial charge in [-0.15, -0.1) is 12.4 Å². The van der Waals surface area contributed by atoms with E-state index in [0.29, 0.717) is 35.1 Å². The highest BCUT2D eigenvalue weighted by Crippen LogP contribution is 2.35. The fourth-order valence-electron chi connectivity index (χ4n) is 4.83. The quantitative estimate of drug-likeness (QED) is 0.506. The number of fused-ring (bicyclic) bond motifs is 2. The Kier molecular flexibility index (Phi) is 6.91. The molecule has 5 rings (SSSR count). The molecule has 2 aliphatic heterocycles. The zero-order chi connectivity index (χ0) is 24.0. The van der Waals surface area contributed by atoms with Crippen LogP contribution in [0.15, 0.2) is 63.5 Å². The highest BCUT2D eigenvalue weighted by Gasteiger charge is 2.35. The summed E-state index contributed by atoms with van der Waals surface area (Å²) in [5.41, 5.74) is 2.73. The molecule has 0 bridgehead atoms. The minimum absolute atomic E-state index is 0. The standard InChI is InChI=1S/C25H30N6O3.ClH/c1-16(2)9-11-30-21-22(27-24(30)29-12-10-18-13-26-14-19(18)29)28(3)25(34)31(23(21)33)15-20(32)17-7-5-4-6-8-17;/h4-9,14,18,20,26,32H,10-13,15H2,1-3H3;1H. The van der Waals surface area contributed by atoms with Gasteiger partial charge in [-0.2, -0.15) is 4.98 Å². The molecule has 35 heavy (non-hydrogen) atoms. The van der Waals surface area contributed by atoms with Crippen molar-refractivity contribution in [3.8, 4) is 0 Å². The number of aromatic nitrogens is 4. The van der Waals surface area contributed by atoms with Gasteiger partial charge >= 0.3 is 5.69 Å². The molecule has 1 fully saturated rings. The maximum atomic E-state index is 13.7. The number of aliphatic hydroxyl groups excluding tert-OH is 1. The number of allylic oxidation sites excluding steroid dienone is 2. The van der Waals surface area contributed by atoms with Crippen molar-refractivity contribution in [2.24, 2.45) is 13.0 Å². The van der Waals surface area contributed by atoms with E-state index in [4.69, 9.17) is 4.98 Å². The van der Waals surface area contributed by atoms with Crippen LogP contribution >= 0.6 is 12.4 Å². The van der Waals surface area contributed by atoms with Crippen molar-refractivity contribution in [1.29, 1.82) is 0 Å². The summed E-state index contributed by atoms with van der Waals surface area (Å²) in [6.07, 6.45) is 4.10. The molecular weight excluding hydrogens is 468 g/mol. The van der Waals surface area contributed by atoms with Gasteiger partial charge in [-0.1, -0.05) is 42.0 Å². The van der Waals surface area contributed by atoms with E-state index in [1.807, 2.05) is 48.9 Å². The maximum absolute atomic E-state index is 13.7. The predicted octanol–water partition coefficient (Wildman–Crippen LogP) is 2.29. The first-order chi connectivity index (χ1) is 16.4. The van der Waals surface area contributed by atoms with Gasteiger partial charge < -0.3 is 19.9 Å². The molecular formula is C25H31ClN6O3. The van der Waals surface area contributed by atoms with Gasteiger partial charge in [0.05, 0.1) is 12.6 Å². The summed E-state index contributed by atoms with van der Waals surface area (Å²) in [5.74, 6) is 1.09. The Balaban J connectivity index is 0.00000289. The van der Waals surface area contributed by atoms with E-state index in [1.165, 1.54) is 10.3 Å². The van der Waals surface area contributed by atoms with Crippen LogP contribution in [0.25, 0.3) is 11.2 Å². The molecule has 2 aromatic heterocycles. The molecule has 2 N–H and O–H groups in total. The predicted molar refractivity (Wildman–Crippen MR) is 139 cm³/mol. The summed E-state index contributed by atoms with van der Waals surface area (Å²) in [6, 6.07) is 9.06. The second kappa shape index (κ2) is 9.75. The number of imidazole rings is 1. The fraction of sp³-hybridized carbons (Fsp3) is 0.400. The van der Waals surface area contributed by atoms with E-state index in [1.54, 1.807) is 19.2 Å². The monoisotopic (exact) mass is 498 g/mol. The van der Waals surface area contributed by atoms with Gasteiger partial charge in [-0.25, -0.2) is 4.79 Å². The van der Waals surface area contributed by atoms with Crippen LogP contribution in [0, 0.1) is 5.92 Å². The topological polar surface area (TPSA) is 97.3 Å². The molecule has 0 aliphatic carbocycles. The van der Waals surface area contributed by atoms with Gasteiger partial charge in [0.15, 0.2) is 11.2 Å². The second-order valence-corrected chi connectivity index (χ2v) is 9.27. The number of anilines is 1. The number of benzene rings is 1. The van der Waals surface area contributed by atoms with Gasteiger partial charge in [0.2, 0.25) is 5.95 Å². The summed E-state index contributed by atoms with van der Waals surface area (Å²) < 4.78 is 4.43. The van der Waals surface area contributed by atoms with Crippen molar-refractivity contribution in [3.05, 3.63) is 80.3 Å². The Bertz CT molecular complexity index is 1410. The average Bonchev–Trinajstić information content (AvgIpc) is 3.54. The number of aryl methyl sites for hydroxylation is 1. The summed E-state index contributed by atoms with van der Waals surface area (Å²) in [6.45, 7) is 6.07. The van der Waals surface area contributed by atoms with Gasteiger partial charge in [-0.3, -0.25) is 13.9 Å². The SMILES string of the molecule is CC(C)=CCn1c(N2CCC3CNC=C32)nc2c1c(=O)n(CC(O)c1ccccc1)c(=O)n2C.Cl. The number of hydrogen-bond donors (Lipinski definition) is 2. The molecule has 0 radical (unpaired) electrons. The van der Waals surface area contributed by atoms with Gasteiger partial charge in [0, 0.05) is 44.5 Å². The number of rotatable bonds is 6. The lowest BCUT2D eigenvalue weighted by molar-refractivity contribution is 0.153. The van der Waals surface area contributed by atoms with Crippen molar-refractivity contribution in [2.75, 3.05) is 18.0 Å². The van der Waals surface area contributed by atoms with Crippen molar-refractivity contribution in [2.45, 2.75) is 39.5 Å². The van der Waals surface area contributed by atoms with E-state index in [0.717, 1.165) is 29.7 Å². The average molecular weight is 499 g/mol. The third-order valence-electron chi connectivity index (χ3n) is 6.72. The molecule has 2 atom stereocenters. The van der Waals surface area contributed by atoms with E-state index in [2.05, 4.69) is 10.2 Å². The number of nitrogens with one attached hydrogen (secondary N) is 1. The summed E-state index contributed by atoms with van der Waals surface area (Å²) in [4.78, 5) is 33.8. The molecule has 0 amide bonds. The Morgan fingerprint density at radius 1 is 1.23 bits per heavy atom. The molecule has 2 unspecified atom stereocenters. The molecule has 3 aromatic rings. The van der Waals surface area contributed by atoms with Crippen molar-refractivity contribution < 1.29 is 5.11 Å². The lowest BCUT2D eigenvalue weighted by Gasteiger charge is -2.20. The minimum atomic E-state index is -0.980. The van der Waals surface area contributed by atoms with Gasteiger partial charge in [-0.05, 0) is 25.8 Å². The van der Waals surface area contributed by atoms with Crippen LogP contribution < -0.4 is 21.5 Å². The third-order valence-corrected chi connectivity index (χ3v) is 6.72. The van der Waals surface area contributed by atoms with E-state index in [9.17, 15) is 14.7 Å². The van der Waals surface area contributed by atoms with Gasteiger partial charge in [0.25, 0.3) is 5.56 Å². The van der Waals surface area contributed by atoms with E-state index in [-0.39, 0.29) is 19.0 Å². The summed E-state index contributed by atoms with van der Waals surface area (Å²) in [7, 11) is 1.63. The normalized spacial score (nSPS) is 17.5. The summed E-state index contributed by atoms with van der Waals surface area (Å²) >= 11 is 0. The van der Waals surface area contributed by atoms with Crippen LogP contribution in [0.2, 0.25) is 0 Å². The summed E-state index contributed by atoms with van der Waals surface area (Å²) in [5, 5.41) is 14.1. The third kappa shape index (κ3) is 4.30. The van der Waals surface area contributed by atoms with Crippen LogP contribution in [0.4, 0.5) is 5.95 Å². The minimum Gasteiger partial charge on any atom is -0.389 e. The molecule has 1 aromatic carbocycles. The van der Waals surface area contributed by atoms with Crippen LogP contribution in [0.3, 0.4) is 0 Å². The maximum Gasteiger partial charge on any atom is 0.332 e. The molecule has 4 heterocycles. The molecule has 0 saturated carbocycles. The Labute approximate surface area is 209 Å². The lowest BCUT2D eigenvalue weighted by Crippen LogP contribution is -2.41. The van der Waals surface area contributed by atoms with Crippen LogP contribution in [-0.2, 0) is 20.1 Å².